The quantitative estimate of drug-likeness (QED) is 0.744. The van der Waals surface area contributed by atoms with Crippen LogP contribution in [0, 0.1) is 0 Å². The van der Waals surface area contributed by atoms with Crippen molar-refractivity contribution in [3.8, 4) is 0 Å². The maximum absolute atomic E-state index is 11.9. The normalized spacial score (nSPS) is 12.3. The van der Waals surface area contributed by atoms with E-state index in [2.05, 4.69) is 10.6 Å². The molecule has 0 aliphatic rings. The summed E-state index contributed by atoms with van der Waals surface area (Å²) in [7, 11) is 0. The van der Waals surface area contributed by atoms with Crippen molar-refractivity contribution >= 4 is 17.8 Å². The Bertz CT molecular complexity index is 591. The molecule has 0 saturated carbocycles. The zero-order chi connectivity index (χ0) is 17.6. The van der Waals surface area contributed by atoms with E-state index >= 15 is 0 Å². The molecule has 3 N–H and O–H groups in total. The summed E-state index contributed by atoms with van der Waals surface area (Å²) in [6.45, 7) is 7.21. The minimum absolute atomic E-state index is 0.122. The van der Waals surface area contributed by atoms with Crippen molar-refractivity contribution < 1.29 is 19.5 Å². The third-order valence-corrected chi connectivity index (χ3v) is 3.14. The Morgan fingerprint density at radius 3 is 2.35 bits per heavy atom. The van der Waals surface area contributed by atoms with Crippen LogP contribution in [0.2, 0.25) is 0 Å². The van der Waals surface area contributed by atoms with Gasteiger partial charge in [-0.05, 0) is 45.7 Å². The van der Waals surface area contributed by atoms with Gasteiger partial charge in [0.25, 0.3) is 0 Å². The Morgan fingerprint density at radius 2 is 1.78 bits per heavy atom. The van der Waals surface area contributed by atoms with Crippen LogP contribution >= 0.6 is 0 Å². The Hall–Kier alpha value is -2.37. The van der Waals surface area contributed by atoms with Crippen molar-refractivity contribution in [2.24, 2.45) is 0 Å². The lowest BCUT2D eigenvalue weighted by atomic mass is 10.0. The lowest BCUT2D eigenvalue weighted by Crippen LogP contribution is -2.50. The van der Waals surface area contributed by atoms with Gasteiger partial charge in [0, 0.05) is 12.0 Å². The second-order valence-electron chi connectivity index (χ2n) is 6.49. The van der Waals surface area contributed by atoms with Crippen molar-refractivity contribution in [2.75, 3.05) is 0 Å². The zero-order valence-corrected chi connectivity index (χ0v) is 14.0. The molecule has 0 bridgehead atoms. The van der Waals surface area contributed by atoms with E-state index in [4.69, 9.17) is 5.11 Å². The second-order valence-corrected chi connectivity index (χ2v) is 6.49. The maximum Gasteiger partial charge on any atom is 0.335 e. The van der Waals surface area contributed by atoms with Gasteiger partial charge in [0.05, 0.1) is 5.56 Å². The highest BCUT2D eigenvalue weighted by Gasteiger charge is 2.20. The smallest absolute Gasteiger partial charge is 0.335 e. The van der Waals surface area contributed by atoms with E-state index in [0.717, 1.165) is 0 Å². The first-order valence-electron chi connectivity index (χ1n) is 7.53. The minimum Gasteiger partial charge on any atom is -0.478 e. The predicted octanol–water partition coefficient (Wildman–Crippen LogP) is 1.74. The Labute approximate surface area is 136 Å². The largest absolute Gasteiger partial charge is 0.478 e. The molecule has 1 aromatic carbocycles. The second kappa shape index (κ2) is 7.76. The van der Waals surface area contributed by atoms with Gasteiger partial charge in [0.1, 0.15) is 6.04 Å². The first-order chi connectivity index (χ1) is 10.6. The van der Waals surface area contributed by atoms with Crippen molar-refractivity contribution in [1.82, 2.24) is 10.6 Å². The lowest BCUT2D eigenvalue weighted by molar-refractivity contribution is -0.129. The van der Waals surface area contributed by atoms with Gasteiger partial charge < -0.3 is 15.7 Å². The van der Waals surface area contributed by atoms with Gasteiger partial charge in [-0.15, -0.1) is 0 Å². The summed E-state index contributed by atoms with van der Waals surface area (Å²) in [5, 5.41) is 14.5. The summed E-state index contributed by atoms with van der Waals surface area (Å²) in [6.07, 6.45) is 0.430. The fraction of sp³-hybridized carbons (Fsp3) is 0.471. The van der Waals surface area contributed by atoms with Gasteiger partial charge in [0.2, 0.25) is 11.8 Å². The molecule has 0 saturated heterocycles. The number of nitrogens with one attached hydrogen (secondary N) is 2. The number of hydrogen-bond acceptors (Lipinski definition) is 3. The fourth-order valence-electron chi connectivity index (χ4n) is 2.05. The Balaban J connectivity index is 2.55. The summed E-state index contributed by atoms with van der Waals surface area (Å²) in [4.78, 5) is 35.0. The van der Waals surface area contributed by atoms with Gasteiger partial charge in [-0.25, -0.2) is 4.79 Å². The summed E-state index contributed by atoms with van der Waals surface area (Å²) in [5.74, 6) is -1.56. The average molecular weight is 320 g/mol. The molecule has 126 valence electrons. The van der Waals surface area contributed by atoms with Gasteiger partial charge in [0.15, 0.2) is 0 Å². The molecule has 0 aliphatic heterocycles. The van der Waals surface area contributed by atoms with Crippen molar-refractivity contribution in [1.29, 1.82) is 0 Å². The molecular formula is C17H24N2O4. The highest BCUT2D eigenvalue weighted by atomic mass is 16.4. The number of aryl methyl sites for hydroxylation is 1. The summed E-state index contributed by atoms with van der Waals surface area (Å²) >= 11 is 0. The van der Waals surface area contributed by atoms with Crippen LogP contribution in [0.5, 0.6) is 0 Å². The van der Waals surface area contributed by atoms with E-state index < -0.39 is 12.0 Å². The molecule has 2 amide bonds. The standard InChI is InChI=1S/C17H24N2O4/c1-11(15(21)19-17(2,3)4)18-14(20)10-9-12-7-5-6-8-13(12)16(22)23/h5-8,11H,9-10H2,1-4H3,(H,18,20)(H,19,21)(H,22,23). The van der Waals surface area contributed by atoms with Crippen LogP contribution in [-0.4, -0.2) is 34.5 Å². The third kappa shape index (κ3) is 6.50. The molecular weight excluding hydrogens is 296 g/mol. The molecule has 0 fully saturated rings. The molecule has 1 rings (SSSR count). The van der Waals surface area contributed by atoms with Gasteiger partial charge in [-0.2, -0.15) is 0 Å². The van der Waals surface area contributed by atoms with E-state index in [1.807, 2.05) is 20.8 Å². The number of hydrogen-bond donors (Lipinski definition) is 3. The maximum atomic E-state index is 11.9. The third-order valence-electron chi connectivity index (χ3n) is 3.14. The molecule has 0 aromatic heterocycles. The first kappa shape index (κ1) is 18.7. The van der Waals surface area contributed by atoms with Crippen LogP contribution in [0.25, 0.3) is 0 Å². The average Bonchev–Trinajstić information content (AvgIpc) is 2.43. The van der Waals surface area contributed by atoms with Crippen LogP contribution in [0.15, 0.2) is 24.3 Å². The Morgan fingerprint density at radius 1 is 1.17 bits per heavy atom. The zero-order valence-electron chi connectivity index (χ0n) is 14.0. The van der Waals surface area contributed by atoms with Crippen LogP contribution in [0.3, 0.4) is 0 Å². The minimum atomic E-state index is -1.01. The molecule has 0 radical (unpaired) electrons. The number of carbonyl (C=O) groups is 3. The van der Waals surface area contributed by atoms with Gasteiger partial charge in [-0.1, -0.05) is 18.2 Å². The summed E-state index contributed by atoms with van der Waals surface area (Å²) < 4.78 is 0. The topological polar surface area (TPSA) is 95.5 Å². The molecule has 1 aromatic rings. The number of benzene rings is 1. The SMILES string of the molecule is CC(NC(=O)CCc1ccccc1C(=O)O)C(=O)NC(C)(C)C. The van der Waals surface area contributed by atoms with E-state index in [9.17, 15) is 14.4 Å². The fourth-order valence-corrected chi connectivity index (χ4v) is 2.05. The number of rotatable bonds is 6. The van der Waals surface area contributed by atoms with Gasteiger partial charge >= 0.3 is 5.97 Å². The number of carboxylic acid groups (broad SMARTS) is 1. The molecule has 1 unspecified atom stereocenters. The van der Waals surface area contributed by atoms with Crippen molar-refractivity contribution in [3.63, 3.8) is 0 Å². The van der Waals surface area contributed by atoms with Crippen molar-refractivity contribution in [2.45, 2.75) is 52.1 Å². The number of carbonyl (C=O) groups excluding carboxylic acids is 2. The molecule has 0 aliphatic carbocycles. The molecule has 23 heavy (non-hydrogen) atoms. The van der Waals surface area contributed by atoms with Crippen LogP contribution in [-0.2, 0) is 16.0 Å². The highest BCUT2D eigenvalue weighted by Crippen LogP contribution is 2.11. The monoisotopic (exact) mass is 320 g/mol. The molecule has 0 heterocycles. The molecule has 0 spiro atoms. The molecule has 6 heteroatoms. The van der Waals surface area contributed by atoms with Crippen LogP contribution < -0.4 is 10.6 Å². The van der Waals surface area contributed by atoms with E-state index in [-0.39, 0.29) is 29.3 Å². The summed E-state index contributed by atoms with van der Waals surface area (Å²) in [6, 6.07) is 5.93. The van der Waals surface area contributed by atoms with Crippen LogP contribution in [0.4, 0.5) is 0 Å². The predicted molar refractivity (Wildman–Crippen MR) is 87.2 cm³/mol. The summed E-state index contributed by atoms with van der Waals surface area (Å²) in [5.41, 5.74) is 0.428. The highest BCUT2D eigenvalue weighted by molar-refractivity contribution is 5.90. The molecule has 6 nitrogen and oxygen atoms in total. The Kier molecular flexibility index (Phi) is 6.30. The van der Waals surface area contributed by atoms with E-state index in [1.54, 1.807) is 25.1 Å². The van der Waals surface area contributed by atoms with E-state index in [0.29, 0.717) is 12.0 Å². The first-order valence-corrected chi connectivity index (χ1v) is 7.53. The number of carboxylic acids is 1. The van der Waals surface area contributed by atoms with Gasteiger partial charge in [-0.3, -0.25) is 9.59 Å². The lowest BCUT2D eigenvalue weighted by Gasteiger charge is -2.23. The number of amides is 2. The van der Waals surface area contributed by atoms with Crippen LogP contribution in [0.1, 0.15) is 50.0 Å². The molecule has 1 atom stereocenters. The van der Waals surface area contributed by atoms with Crippen molar-refractivity contribution in [3.05, 3.63) is 35.4 Å². The van der Waals surface area contributed by atoms with E-state index in [1.165, 1.54) is 6.07 Å². The number of aromatic carboxylic acids is 1.